The van der Waals surface area contributed by atoms with E-state index >= 15 is 0 Å². The van der Waals surface area contributed by atoms with Crippen LogP contribution in [0.3, 0.4) is 0 Å². The molecular weight excluding hydrogens is 252 g/mol. The van der Waals surface area contributed by atoms with Gasteiger partial charge in [-0.05, 0) is 24.7 Å². The first-order valence-corrected chi connectivity index (χ1v) is 7.54. The lowest BCUT2D eigenvalue weighted by Crippen LogP contribution is -2.31. The van der Waals surface area contributed by atoms with Crippen molar-refractivity contribution in [3.05, 3.63) is 18.1 Å². The number of amides is 1. The maximum absolute atomic E-state index is 12.1. The molecule has 1 aromatic rings. The third kappa shape index (κ3) is 3.92. The van der Waals surface area contributed by atoms with Crippen LogP contribution in [-0.2, 0) is 0 Å². The Morgan fingerprint density at radius 2 is 2.25 bits per heavy atom. The number of nitrogens with one attached hydrogen (secondary N) is 2. The van der Waals surface area contributed by atoms with Crippen molar-refractivity contribution in [3.8, 4) is 0 Å². The van der Waals surface area contributed by atoms with Crippen molar-refractivity contribution in [3.63, 3.8) is 0 Å². The molecule has 5 nitrogen and oxygen atoms in total. The van der Waals surface area contributed by atoms with Crippen LogP contribution in [0.5, 0.6) is 0 Å². The zero-order valence-electron chi connectivity index (χ0n) is 12.4. The molecule has 1 fully saturated rings. The van der Waals surface area contributed by atoms with E-state index in [2.05, 4.69) is 34.4 Å². The normalized spacial score (nSPS) is 21.7. The van der Waals surface area contributed by atoms with Gasteiger partial charge in [0.15, 0.2) is 0 Å². The second-order valence-corrected chi connectivity index (χ2v) is 5.59. The summed E-state index contributed by atoms with van der Waals surface area (Å²) in [6, 6.07) is 0. The Labute approximate surface area is 120 Å². The highest BCUT2D eigenvalue weighted by atomic mass is 16.1. The smallest absolute Gasteiger partial charge is 0.271 e. The summed E-state index contributed by atoms with van der Waals surface area (Å²) in [6.45, 7) is 5.92. The van der Waals surface area contributed by atoms with E-state index < -0.39 is 0 Å². The number of nitrogens with zero attached hydrogens (tertiary/aromatic N) is 2. The van der Waals surface area contributed by atoms with Gasteiger partial charge in [0.2, 0.25) is 0 Å². The molecule has 20 heavy (non-hydrogen) atoms. The van der Waals surface area contributed by atoms with E-state index in [9.17, 15) is 4.79 Å². The minimum absolute atomic E-state index is 0.128. The van der Waals surface area contributed by atoms with Gasteiger partial charge < -0.3 is 10.6 Å². The molecule has 2 atom stereocenters. The van der Waals surface area contributed by atoms with E-state index in [1.54, 1.807) is 6.20 Å². The van der Waals surface area contributed by atoms with Gasteiger partial charge in [0.05, 0.1) is 12.4 Å². The van der Waals surface area contributed by atoms with Crippen LogP contribution in [0.25, 0.3) is 0 Å². The molecule has 1 aliphatic carbocycles. The van der Waals surface area contributed by atoms with Gasteiger partial charge >= 0.3 is 0 Å². The van der Waals surface area contributed by atoms with Gasteiger partial charge in [-0.15, -0.1) is 0 Å². The van der Waals surface area contributed by atoms with Crippen molar-refractivity contribution in [1.29, 1.82) is 0 Å². The van der Waals surface area contributed by atoms with Crippen molar-refractivity contribution in [2.24, 2.45) is 11.8 Å². The summed E-state index contributed by atoms with van der Waals surface area (Å²) < 4.78 is 0. The number of anilines is 1. The van der Waals surface area contributed by atoms with Crippen LogP contribution in [0.4, 0.5) is 5.82 Å². The lowest BCUT2D eigenvalue weighted by Gasteiger charge is -2.15. The fourth-order valence-electron chi connectivity index (χ4n) is 2.65. The Balaban J connectivity index is 1.88. The Morgan fingerprint density at radius 1 is 1.40 bits per heavy atom. The molecule has 1 amide bonds. The molecule has 1 saturated carbocycles. The predicted molar refractivity (Wildman–Crippen MR) is 79.7 cm³/mol. The number of hydrogen-bond acceptors (Lipinski definition) is 4. The van der Waals surface area contributed by atoms with Gasteiger partial charge in [-0.25, -0.2) is 4.98 Å². The topological polar surface area (TPSA) is 66.9 Å². The van der Waals surface area contributed by atoms with Gasteiger partial charge in [-0.1, -0.05) is 26.7 Å². The first kappa shape index (κ1) is 14.8. The highest BCUT2D eigenvalue weighted by Gasteiger charge is 2.23. The van der Waals surface area contributed by atoms with Gasteiger partial charge in [-0.3, -0.25) is 9.78 Å². The first-order chi connectivity index (χ1) is 9.70. The molecule has 1 aromatic heterocycles. The number of rotatable bonds is 6. The monoisotopic (exact) mass is 276 g/mol. The largest absolute Gasteiger partial charge is 0.369 e. The maximum Gasteiger partial charge on any atom is 0.271 e. The van der Waals surface area contributed by atoms with Crippen LogP contribution < -0.4 is 10.6 Å². The standard InChI is InChI=1S/C15H24N4O/c1-3-7-17-14-10-16-9-13(19-14)15(20)18-8-12-6-4-5-11(12)2/h9-12H,3-8H2,1-2H3,(H,17,19)(H,18,20). The second kappa shape index (κ2) is 7.22. The summed E-state index contributed by atoms with van der Waals surface area (Å²) in [5, 5.41) is 6.13. The maximum atomic E-state index is 12.1. The number of carbonyl (C=O) groups is 1. The molecule has 2 N–H and O–H groups in total. The molecule has 1 aliphatic rings. The van der Waals surface area contributed by atoms with Crippen molar-refractivity contribution in [1.82, 2.24) is 15.3 Å². The minimum Gasteiger partial charge on any atom is -0.369 e. The highest BCUT2D eigenvalue weighted by molar-refractivity contribution is 5.92. The van der Waals surface area contributed by atoms with Crippen LogP contribution in [0.15, 0.2) is 12.4 Å². The molecule has 0 aromatic carbocycles. The first-order valence-electron chi connectivity index (χ1n) is 7.54. The van der Waals surface area contributed by atoms with E-state index in [1.165, 1.54) is 25.5 Å². The summed E-state index contributed by atoms with van der Waals surface area (Å²) in [4.78, 5) is 20.4. The summed E-state index contributed by atoms with van der Waals surface area (Å²) in [6.07, 6.45) is 7.94. The van der Waals surface area contributed by atoms with Crippen LogP contribution in [0.1, 0.15) is 50.0 Å². The molecule has 0 bridgehead atoms. The molecule has 0 radical (unpaired) electrons. The van der Waals surface area contributed by atoms with Crippen LogP contribution in [0, 0.1) is 11.8 Å². The molecule has 110 valence electrons. The molecule has 2 unspecified atom stereocenters. The summed E-state index contributed by atoms with van der Waals surface area (Å²) in [7, 11) is 0. The Kier molecular flexibility index (Phi) is 5.32. The van der Waals surface area contributed by atoms with Gasteiger partial charge in [0.1, 0.15) is 11.5 Å². The lowest BCUT2D eigenvalue weighted by atomic mass is 9.98. The van der Waals surface area contributed by atoms with Crippen molar-refractivity contribution in [2.45, 2.75) is 39.5 Å². The van der Waals surface area contributed by atoms with Gasteiger partial charge in [-0.2, -0.15) is 0 Å². The summed E-state index contributed by atoms with van der Waals surface area (Å²) in [5.74, 6) is 1.85. The molecule has 1 heterocycles. The third-order valence-electron chi connectivity index (χ3n) is 3.99. The zero-order chi connectivity index (χ0) is 14.4. The molecule has 0 aliphatic heterocycles. The number of hydrogen-bond donors (Lipinski definition) is 2. The fraction of sp³-hybridized carbons (Fsp3) is 0.667. The van der Waals surface area contributed by atoms with E-state index in [0.29, 0.717) is 23.3 Å². The van der Waals surface area contributed by atoms with E-state index in [4.69, 9.17) is 0 Å². The van der Waals surface area contributed by atoms with Crippen LogP contribution >= 0.6 is 0 Å². The van der Waals surface area contributed by atoms with Crippen LogP contribution in [-0.4, -0.2) is 29.0 Å². The van der Waals surface area contributed by atoms with E-state index in [0.717, 1.165) is 19.5 Å². The summed E-state index contributed by atoms with van der Waals surface area (Å²) in [5.41, 5.74) is 0.386. The zero-order valence-corrected chi connectivity index (χ0v) is 12.4. The quantitative estimate of drug-likeness (QED) is 0.837. The van der Waals surface area contributed by atoms with E-state index in [-0.39, 0.29) is 5.91 Å². The lowest BCUT2D eigenvalue weighted by molar-refractivity contribution is 0.0939. The van der Waals surface area contributed by atoms with Gasteiger partial charge in [0.25, 0.3) is 5.91 Å². The molecule has 0 spiro atoms. The number of carbonyl (C=O) groups excluding carboxylic acids is 1. The van der Waals surface area contributed by atoms with Crippen molar-refractivity contribution in [2.75, 3.05) is 18.4 Å². The average Bonchev–Trinajstić information content (AvgIpc) is 2.88. The molecule has 5 heteroatoms. The van der Waals surface area contributed by atoms with Crippen LogP contribution in [0.2, 0.25) is 0 Å². The molecule has 2 rings (SSSR count). The minimum atomic E-state index is -0.128. The average molecular weight is 276 g/mol. The molecular formula is C15H24N4O. The fourth-order valence-corrected chi connectivity index (χ4v) is 2.65. The van der Waals surface area contributed by atoms with E-state index in [1.807, 2.05) is 0 Å². The third-order valence-corrected chi connectivity index (χ3v) is 3.99. The van der Waals surface area contributed by atoms with Gasteiger partial charge in [0, 0.05) is 13.1 Å². The van der Waals surface area contributed by atoms with Crippen molar-refractivity contribution < 1.29 is 4.79 Å². The highest BCUT2D eigenvalue weighted by Crippen LogP contribution is 2.30. The predicted octanol–water partition coefficient (Wildman–Crippen LogP) is 2.46. The Morgan fingerprint density at radius 3 is 2.95 bits per heavy atom. The SMILES string of the molecule is CCCNc1cncc(C(=O)NCC2CCCC2C)n1. The van der Waals surface area contributed by atoms with Crippen molar-refractivity contribution >= 4 is 11.7 Å². The number of aromatic nitrogens is 2. The second-order valence-electron chi connectivity index (χ2n) is 5.59. The Bertz CT molecular complexity index is 449. The molecule has 0 saturated heterocycles. The Hall–Kier alpha value is -1.65. The summed E-state index contributed by atoms with van der Waals surface area (Å²) >= 11 is 0.